The van der Waals surface area contributed by atoms with Crippen molar-refractivity contribution in [2.24, 2.45) is 11.7 Å². The van der Waals surface area contributed by atoms with Crippen molar-refractivity contribution in [2.45, 2.75) is 13.0 Å². The highest BCUT2D eigenvalue weighted by Crippen LogP contribution is 2.22. The summed E-state index contributed by atoms with van der Waals surface area (Å²) in [5.41, 5.74) is 8.64. The predicted molar refractivity (Wildman–Crippen MR) is 74.6 cm³/mol. The second kappa shape index (κ2) is 5.04. The molecule has 0 spiro atoms. The molecule has 4 nitrogen and oxygen atoms in total. The number of likely N-dealkylation sites (tertiary alicyclic amines) is 1. The average molecular weight is 254 g/mol. The van der Waals surface area contributed by atoms with Crippen LogP contribution in [0.1, 0.15) is 17.5 Å². The molecule has 1 saturated heterocycles. The fourth-order valence-electron chi connectivity index (χ4n) is 2.92. The molecule has 3 rings (SSSR count). The van der Waals surface area contributed by atoms with Crippen LogP contribution in [0.25, 0.3) is 5.52 Å². The van der Waals surface area contributed by atoms with Crippen LogP contribution in [0.15, 0.2) is 30.6 Å². The first-order valence-electron chi connectivity index (χ1n) is 6.73. The first kappa shape index (κ1) is 12.2. The zero-order valence-electron chi connectivity index (χ0n) is 10.9. The molecule has 1 aliphatic rings. The summed E-state index contributed by atoms with van der Waals surface area (Å²) in [6, 6.07) is 8.30. The van der Waals surface area contributed by atoms with E-state index < -0.39 is 0 Å². The van der Waals surface area contributed by atoms with Gasteiger partial charge in [-0.3, -0.25) is 4.90 Å². The van der Waals surface area contributed by atoms with E-state index in [9.17, 15) is 5.26 Å². The van der Waals surface area contributed by atoms with E-state index in [-0.39, 0.29) is 0 Å². The molecule has 0 bridgehead atoms. The molecule has 1 atom stereocenters. The Morgan fingerprint density at radius 2 is 2.32 bits per heavy atom. The van der Waals surface area contributed by atoms with Crippen LogP contribution in [-0.2, 0) is 6.54 Å². The van der Waals surface area contributed by atoms with E-state index in [4.69, 9.17) is 5.73 Å². The Morgan fingerprint density at radius 1 is 1.42 bits per heavy atom. The second-order valence-electron chi connectivity index (χ2n) is 5.26. The van der Waals surface area contributed by atoms with Crippen molar-refractivity contribution in [3.8, 4) is 6.07 Å². The number of nitrogens with two attached hydrogens (primary N) is 1. The van der Waals surface area contributed by atoms with Crippen molar-refractivity contribution < 1.29 is 0 Å². The van der Waals surface area contributed by atoms with Crippen LogP contribution >= 0.6 is 0 Å². The Bertz CT molecular complexity index is 623. The van der Waals surface area contributed by atoms with Crippen molar-refractivity contribution in [2.75, 3.05) is 19.6 Å². The van der Waals surface area contributed by atoms with E-state index in [1.54, 1.807) is 0 Å². The number of fused-ring (bicyclic) bond motifs is 1. The van der Waals surface area contributed by atoms with Gasteiger partial charge < -0.3 is 10.1 Å². The van der Waals surface area contributed by atoms with E-state index in [1.807, 2.05) is 28.8 Å². The van der Waals surface area contributed by atoms with Crippen LogP contribution in [0.5, 0.6) is 0 Å². The number of hydrogen-bond acceptors (Lipinski definition) is 3. The third kappa shape index (κ3) is 2.23. The van der Waals surface area contributed by atoms with E-state index in [0.717, 1.165) is 42.8 Å². The lowest BCUT2D eigenvalue weighted by atomic mass is 10.1. The van der Waals surface area contributed by atoms with Gasteiger partial charge in [0.25, 0.3) is 0 Å². The monoisotopic (exact) mass is 254 g/mol. The predicted octanol–water partition coefficient (Wildman–Crippen LogP) is 1.59. The number of nitrogens with zero attached hydrogens (tertiary/aromatic N) is 3. The SMILES string of the molecule is N#Cc1c(CN2CCC(CN)C2)cn2ccccc12. The maximum Gasteiger partial charge on any atom is 0.102 e. The lowest BCUT2D eigenvalue weighted by Crippen LogP contribution is -2.22. The van der Waals surface area contributed by atoms with Gasteiger partial charge in [0.15, 0.2) is 0 Å². The minimum absolute atomic E-state index is 0.613. The molecule has 0 aliphatic carbocycles. The van der Waals surface area contributed by atoms with Gasteiger partial charge in [0.2, 0.25) is 0 Å². The summed E-state index contributed by atoms with van der Waals surface area (Å²) in [6.45, 7) is 3.74. The average Bonchev–Trinajstić information content (AvgIpc) is 3.02. The Hall–Kier alpha value is -1.83. The molecule has 1 unspecified atom stereocenters. The molecule has 2 aromatic rings. The molecule has 0 amide bonds. The van der Waals surface area contributed by atoms with Gasteiger partial charge in [-0.05, 0) is 37.6 Å². The molecule has 2 N–H and O–H groups in total. The summed E-state index contributed by atoms with van der Waals surface area (Å²) in [6.07, 6.45) is 5.24. The summed E-state index contributed by atoms with van der Waals surface area (Å²) in [5.74, 6) is 0.613. The van der Waals surface area contributed by atoms with Crippen LogP contribution in [0, 0.1) is 17.2 Å². The standard InChI is InChI=1S/C15H18N4/c16-7-12-4-6-18(9-12)10-13-11-19-5-2-1-3-15(19)14(13)8-17/h1-3,5,11-12H,4,6-7,9-10,16H2. The zero-order valence-corrected chi connectivity index (χ0v) is 10.9. The van der Waals surface area contributed by atoms with Crippen LogP contribution in [0.2, 0.25) is 0 Å². The van der Waals surface area contributed by atoms with Gasteiger partial charge in [-0.1, -0.05) is 6.07 Å². The fourth-order valence-corrected chi connectivity index (χ4v) is 2.92. The maximum atomic E-state index is 9.38. The van der Waals surface area contributed by atoms with Crippen LogP contribution in [0.3, 0.4) is 0 Å². The van der Waals surface area contributed by atoms with Gasteiger partial charge in [0.1, 0.15) is 6.07 Å². The molecule has 0 saturated carbocycles. The lowest BCUT2D eigenvalue weighted by molar-refractivity contribution is 0.318. The van der Waals surface area contributed by atoms with E-state index in [2.05, 4.69) is 17.2 Å². The number of hydrogen-bond donors (Lipinski definition) is 1. The topological polar surface area (TPSA) is 57.5 Å². The molecule has 3 heterocycles. The van der Waals surface area contributed by atoms with Crippen LogP contribution < -0.4 is 5.73 Å². The zero-order chi connectivity index (χ0) is 13.2. The lowest BCUT2D eigenvalue weighted by Gasteiger charge is -2.14. The summed E-state index contributed by atoms with van der Waals surface area (Å²) in [5, 5.41) is 9.38. The highest BCUT2D eigenvalue weighted by Gasteiger charge is 2.22. The number of rotatable bonds is 3. The van der Waals surface area contributed by atoms with Crippen molar-refractivity contribution in [1.82, 2.24) is 9.30 Å². The third-order valence-corrected chi connectivity index (χ3v) is 3.97. The van der Waals surface area contributed by atoms with Crippen molar-refractivity contribution in [3.63, 3.8) is 0 Å². The Balaban J connectivity index is 1.87. The number of pyridine rings is 1. The quantitative estimate of drug-likeness (QED) is 0.905. The normalized spacial score (nSPS) is 19.9. The molecule has 1 fully saturated rings. The third-order valence-electron chi connectivity index (χ3n) is 3.97. The van der Waals surface area contributed by atoms with Gasteiger partial charge in [0, 0.05) is 31.0 Å². The minimum atomic E-state index is 0.613. The highest BCUT2D eigenvalue weighted by molar-refractivity contribution is 5.65. The largest absolute Gasteiger partial charge is 0.330 e. The second-order valence-corrected chi connectivity index (χ2v) is 5.26. The number of nitriles is 1. The van der Waals surface area contributed by atoms with E-state index in [1.165, 1.54) is 6.42 Å². The molecule has 0 radical (unpaired) electrons. The smallest absolute Gasteiger partial charge is 0.102 e. The number of aromatic nitrogens is 1. The summed E-state index contributed by atoms with van der Waals surface area (Å²) in [4.78, 5) is 2.40. The first-order chi connectivity index (χ1) is 9.31. The van der Waals surface area contributed by atoms with Crippen LogP contribution in [-0.4, -0.2) is 28.9 Å². The van der Waals surface area contributed by atoms with Gasteiger partial charge >= 0.3 is 0 Å². The highest BCUT2D eigenvalue weighted by atomic mass is 15.1. The molecule has 1 aliphatic heterocycles. The molecule has 19 heavy (non-hydrogen) atoms. The van der Waals surface area contributed by atoms with Gasteiger partial charge in [0.05, 0.1) is 11.1 Å². The minimum Gasteiger partial charge on any atom is -0.330 e. The Morgan fingerprint density at radius 3 is 3.05 bits per heavy atom. The van der Waals surface area contributed by atoms with Crippen molar-refractivity contribution >= 4 is 5.52 Å². The molecule has 0 aromatic carbocycles. The molecule has 2 aromatic heterocycles. The Labute approximate surface area is 113 Å². The van der Waals surface area contributed by atoms with Crippen molar-refractivity contribution in [1.29, 1.82) is 5.26 Å². The summed E-state index contributed by atoms with van der Waals surface area (Å²) < 4.78 is 2.03. The maximum absolute atomic E-state index is 9.38. The molecule has 4 heteroatoms. The summed E-state index contributed by atoms with van der Waals surface area (Å²) in [7, 11) is 0. The van der Waals surface area contributed by atoms with Gasteiger partial charge in [-0.15, -0.1) is 0 Å². The summed E-state index contributed by atoms with van der Waals surface area (Å²) >= 11 is 0. The molecule has 98 valence electrons. The van der Waals surface area contributed by atoms with E-state index >= 15 is 0 Å². The molecular weight excluding hydrogens is 236 g/mol. The first-order valence-corrected chi connectivity index (χ1v) is 6.73. The Kier molecular flexibility index (Phi) is 3.24. The van der Waals surface area contributed by atoms with Gasteiger partial charge in [-0.2, -0.15) is 5.26 Å². The fraction of sp³-hybridized carbons (Fsp3) is 0.400. The van der Waals surface area contributed by atoms with E-state index in [0.29, 0.717) is 5.92 Å². The van der Waals surface area contributed by atoms with Crippen LogP contribution in [0.4, 0.5) is 0 Å². The van der Waals surface area contributed by atoms with Gasteiger partial charge in [-0.25, -0.2) is 0 Å². The molecular formula is C15H18N4. The van der Waals surface area contributed by atoms with Crippen molar-refractivity contribution in [3.05, 3.63) is 41.7 Å².